The zero-order chi connectivity index (χ0) is 30.3. The predicted octanol–water partition coefficient (Wildman–Crippen LogP) is 5.99. The van der Waals surface area contributed by atoms with Crippen LogP contribution >= 0.6 is 27.5 Å². The fraction of sp³-hybridized carbons (Fsp3) is 0.188. The summed E-state index contributed by atoms with van der Waals surface area (Å²) in [5.41, 5.74) is 2.42. The van der Waals surface area contributed by atoms with Crippen molar-refractivity contribution in [2.24, 2.45) is 0 Å². The number of amides is 2. The highest BCUT2D eigenvalue weighted by Gasteiger charge is 2.35. The van der Waals surface area contributed by atoms with E-state index in [9.17, 15) is 18.0 Å². The fourth-order valence-electron chi connectivity index (χ4n) is 4.65. The van der Waals surface area contributed by atoms with Gasteiger partial charge in [0, 0.05) is 29.5 Å². The van der Waals surface area contributed by atoms with Crippen molar-refractivity contribution < 1.29 is 18.0 Å². The third-order valence-corrected chi connectivity index (χ3v) is 9.55. The maximum atomic E-state index is 14.3. The molecule has 0 saturated heterocycles. The molecule has 0 heterocycles. The number of hydrogen-bond acceptors (Lipinski definition) is 4. The number of nitrogens with one attached hydrogen (secondary N) is 1. The van der Waals surface area contributed by atoms with Gasteiger partial charge in [-0.1, -0.05) is 94.3 Å². The molecular formula is C32H31BrClN3O4S. The first kappa shape index (κ1) is 31.3. The van der Waals surface area contributed by atoms with E-state index in [1.165, 1.54) is 24.1 Å². The highest BCUT2D eigenvalue weighted by molar-refractivity contribution is 9.10. The molecule has 1 atom stereocenters. The van der Waals surface area contributed by atoms with Crippen LogP contribution in [0.4, 0.5) is 5.69 Å². The van der Waals surface area contributed by atoms with Gasteiger partial charge >= 0.3 is 0 Å². The molecule has 0 spiro atoms. The monoisotopic (exact) mass is 667 g/mol. The maximum absolute atomic E-state index is 14.3. The average Bonchev–Trinajstić information content (AvgIpc) is 2.99. The Morgan fingerprint density at radius 3 is 2.14 bits per heavy atom. The number of halogens is 2. The molecule has 218 valence electrons. The second-order valence-corrected chi connectivity index (χ2v) is 12.9. The zero-order valence-corrected chi connectivity index (χ0v) is 26.4. The minimum absolute atomic E-state index is 0.0304. The summed E-state index contributed by atoms with van der Waals surface area (Å²) < 4.78 is 30.0. The third kappa shape index (κ3) is 7.40. The summed E-state index contributed by atoms with van der Waals surface area (Å²) in [6, 6.07) is 28.8. The van der Waals surface area contributed by atoms with Gasteiger partial charge in [0.2, 0.25) is 11.8 Å². The minimum Gasteiger partial charge on any atom is -0.357 e. The number of anilines is 1. The van der Waals surface area contributed by atoms with Crippen molar-refractivity contribution in [3.05, 3.63) is 129 Å². The highest BCUT2D eigenvalue weighted by Crippen LogP contribution is 2.31. The lowest BCUT2D eigenvalue weighted by Crippen LogP contribution is -2.53. The predicted molar refractivity (Wildman–Crippen MR) is 170 cm³/mol. The molecule has 0 unspecified atom stereocenters. The SMILES string of the molecule is CNC(=O)[C@@H](Cc1ccccc1)N(Cc1cccc(Br)c1)C(=O)CN(c1cccc(Cl)c1C)S(=O)(=O)c1ccccc1. The van der Waals surface area contributed by atoms with E-state index in [0.717, 1.165) is 19.9 Å². The zero-order valence-electron chi connectivity index (χ0n) is 23.2. The second-order valence-electron chi connectivity index (χ2n) is 9.68. The lowest BCUT2D eigenvalue weighted by Gasteiger charge is -2.34. The molecule has 1 N–H and O–H groups in total. The van der Waals surface area contributed by atoms with Gasteiger partial charge in [0.1, 0.15) is 12.6 Å². The van der Waals surface area contributed by atoms with Gasteiger partial charge in [0.15, 0.2) is 0 Å². The molecule has 10 heteroatoms. The number of nitrogens with zero attached hydrogens (tertiary/aromatic N) is 2. The molecule has 2 amide bonds. The number of likely N-dealkylation sites (N-methyl/N-ethyl adjacent to an activating group) is 1. The first-order valence-corrected chi connectivity index (χ1v) is 15.8. The van der Waals surface area contributed by atoms with Crippen molar-refractivity contribution in [1.29, 1.82) is 0 Å². The van der Waals surface area contributed by atoms with Gasteiger partial charge in [-0.15, -0.1) is 0 Å². The van der Waals surface area contributed by atoms with Crippen molar-refractivity contribution in [3.8, 4) is 0 Å². The molecule has 4 aromatic rings. The Kier molecular flexibility index (Phi) is 10.4. The molecule has 4 rings (SSSR count). The van der Waals surface area contributed by atoms with Crippen LogP contribution in [0.15, 0.2) is 112 Å². The first-order chi connectivity index (χ1) is 20.1. The smallest absolute Gasteiger partial charge is 0.264 e. The highest BCUT2D eigenvalue weighted by atomic mass is 79.9. The quantitative estimate of drug-likeness (QED) is 0.213. The van der Waals surface area contributed by atoms with Crippen molar-refractivity contribution in [2.45, 2.75) is 30.8 Å². The van der Waals surface area contributed by atoms with Crippen LogP contribution in [0.1, 0.15) is 16.7 Å². The van der Waals surface area contributed by atoms with Crippen LogP contribution in [0.25, 0.3) is 0 Å². The molecule has 42 heavy (non-hydrogen) atoms. The third-order valence-electron chi connectivity index (χ3n) is 6.88. The van der Waals surface area contributed by atoms with E-state index in [1.807, 2.05) is 54.6 Å². The molecule has 0 bridgehead atoms. The van der Waals surface area contributed by atoms with Gasteiger partial charge < -0.3 is 10.2 Å². The Labute approximate surface area is 260 Å². The summed E-state index contributed by atoms with van der Waals surface area (Å²) in [6.07, 6.45) is 0.238. The molecule has 0 aliphatic heterocycles. The van der Waals surface area contributed by atoms with Gasteiger partial charge in [-0.2, -0.15) is 0 Å². The normalized spacial score (nSPS) is 11.9. The summed E-state index contributed by atoms with van der Waals surface area (Å²) in [7, 11) is -2.68. The van der Waals surface area contributed by atoms with E-state index in [2.05, 4.69) is 21.2 Å². The number of sulfonamides is 1. The standard InChI is InChI=1S/C32H31BrClN3O4S/c1-23-28(34)17-10-18-29(23)37(42(40,41)27-15-7-4-8-16-27)22-31(38)36(21-25-13-9-14-26(33)19-25)30(32(39)35-2)20-24-11-5-3-6-12-24/h3-19,30H,20-22H2,1-2H3,(H,35,39)/t30-/m1/s1. The molecule has 0 aliphatic rings. The number of carbonyl (C=O) groups excluding carboxylic acids is 2. The Morgan fingerprint density at radius 2 is 1.50 bits per heavy atom. The molecular weight excluding hydrogens is 638 g/mol. The van der Waals surface area contributed by atoms with Crippen LogP contribution in [0.2, 0.25) is 5.02 Å². The molecule has 0 aromatic heterocycles. The van der Waals surface area contributed by atoms with Crippen molar-refractivity contribution in [2.75, 3.05) is 17.9 Å². The summed E-state index contributed by atoms with van der Waals surface area (Å²) in [5, 5.41) is 3.05. The number of benzene rings is 4. The van der Waals surface area contributed by atoms with Crippen LogP contribution < -0.4 is 9.62 Å². The summed E-state index contributed by atoms with van der Waals surface area (Å²) in [5.74, 6) is -0.906. The van der Waals surface area contributed by atoms with E-state index in [4.69, 9.17) is 11.6 Å². The summed E-state index contributed by atoms with van der Waals surface area (Å²) in [4.78, 5) is 29.1. The van der Waals surface area contributed by atoms with Crippen LogP contribution in [0.5, 0.6) is 0 Å². The van der Waals surface area contributed by atoms with Crippen molar-refractivity contribution >= 4 is 55.1 Å². The molecule has 4 aromatic carbocycles. The van der Waals surface area contributed by atoms with E-state index in [0.29, 0.717) is 10.6 Å². The molecule has 0 radical (unpaired) electrons. The molecule has 7 nitrogen and oxygen atoms in total. The van der Waals surface area contributed by atoms with E-state index >= 15 is 0 Å². The van der Waals surface area contributed by atoms with Gasteiger partial charge in [-0.05, 0) is 60.0 Å². The van der Waals surface area contributed by atoms with E-state index in [-0.39, 0.29) is 29.5 Å². The molecule has 0 saturated carbocycles. The van der Waals surface area contributed by atoms with Crippen molar-refractivity contribution in [1.82, 2.24) is 10.2 Å². The van der Waals surface area contributed by atoms with Crippen LogP contribution in [-0.2, 0) is 32.6 Å². The Morgan fingerprint density at radius 1 is 0.881 bits per heavy atom. The number of rotatable bonds is 11. The Bertz CT molecular complexity index is 1650. The topological polar surface area (TPSA) is 86.8 Å². The second kappa shape index (κ2) is 14.0. The van der Waals surface area contributed by atoms with Crippen LogP contribution in [0.3, 0.4) is 0 Å². The summed E-state index contributed by atoms with van der Waals surface area (Å²) >= 11 is 9.88. The molecule has 0 fully saturated rings. The Balaban J connectivity index is 1.81. The fourth-order valence-corrected chi connectivity index (χ4v) is 6.76. The number of hydrogen-bond donors (Lipinski definition) is 1. The average molecular weight is 669 g/mol. The van der Waals surface area contributed by atoms with E-state index in [1.54, 1.807) is 43.3 Å². The van der Waals surface area contributed by atoms with Gasteiger partial charge in [-0.3, -0.25) is 13.9 Å². The van der Waals surface area contributed by atoms with Crippen LogP contribution in [-0.4, -0.2) is 44.8 Å². The van der Waals surface area contributed by atoms with Gasteiger partial charge in [-0.25, -0.2) is 8.42 Å². The van der Waals surface area contributed by atoms with Gasteiger partial charge in [0.05, 0.1) is 10.6 Å². The first-order valence-electron chi connectivity index (χ1n) is 13.2. The van der Waals surface area contributed by atoms with Crippen molar-refractivity contribution in [3.63, 3.8) is 0 Å². The van der Waals surface area contributed by atoms with Crippen LogP contribution in [0, 0.1) is 6.92 Å². The molecule has 0 aliphatic carbocycles. The Hall–Kier alpha value is -3.66. The van der Waals surface area contributed by atoms with E-state index < -0.39 is 28.5 Å². The number of carbonyl (C=O) groups is 2. The summed E-state index contributed by atoms with van der Waals surface area (Å²) in [6.45, 7) is 1.24. The largest absolute Gasteiger partial charge is 0.357 e. The minimum atomic E-state index is -4.19. The van der Waals surface area contributed by atoms with Gasteiger partial charge in [0.25, 0.3) is 10.0 Å². The lowest BCUT2D eigenvalue weighted by atomic mass is 10.0. The lowest BCUT2D eigenvalue weighted by molar-refractivity contribution is -0.139. The maximum Gasteiger partial charge on any atom is 0.264 e.